The lowest BCUT2D eigenvalue weighted by molar-refractivity contribution is -0.144. The monoisotopic (exact) mass is 383 g/mol. The van der Waals surface area contributed by atoms with Crippen LogP contribution in [0.3, 0.4) is 0 Å². The number of carbonyl (C=O) groups is 2. The molecule has 0 saturated heterocycles. The molecule has 0 unspecified atom stereocenters. The summed E-state index contributed by atoms with van der Waals surface area (Å²) in [5.41, 5.74) is 1.87. The summed E-state index contributed by atoms with van der Waals surface area (Å²) in [4.78, 5) is 34.9. The second-order valence-corrected chi connectivity index (χ2v) is 6.24. The molecule has 0 amide bonds. The van der Waals surface area contributed by atoms with E-state index >= 15 is 0 Å². The Morgan fingerprint density at radius 3 is 2.54 bits per heavy atom. The van der Waals surface area contributed by atoms with Gasteiger partial charge in [-0.15, -0.1) is 0 Å². The summed E-state index contributed by atoms with van der Waals surface area (Å²) in [6, 6.07) is 13.9. The first-order valence-corrected chi connectivity index (χ1v) is 9.02. The molecule has 0 saturated carbocycles. The van der Waals surface area contributed by atoms with Crippen LogP contribution in [0, 0.1) is 0 Å². The number of hydrogen-bond donors (Lipinski definition) is 0. The van der Waals surface area contributed by atoms with E-state index in [4.69, 9.17) is 13.9 Å². The molecule has 1 aromatic heterocycles. The number of rotatable bonds is 9. The van der Waals surface area contributed by atoms with Crippen LogP contribution in [0.4, 0.5) is 0 Å². The van der Waals surface area contributed by atoms with E-state index in [2.05, 4.69) is 0 Å². The molecule has 0 N–H and O–H groups in total. The number of aryl methyl sites for hydroxylation is 1. The van der Waals surface area contributed by atoms with Crippen molar-refractivity contribution in [3.8, 4) is 5.75 Å². The molecule has 0 spiro atoms. The summed E-state index contributed by atoms with van der Waals surface area (Å²) < 4.78 is 17.3. The standard InChI is InChI=1S/C21H21NO6/c1-15(23)16-7-9-17(10-8-16)26-14-11-20(24)27-13-4-12-22-18-5-2-3-6-19(18)28-21(22)25/h2-3,5-10H,4,11-14H2,1H3. The zero-order valence-corrected chi connectivity index (χ0v) is 15.6. The number of ether oxygens (including phenoxy) is 2. The van der Waals surface area contributed by atoms with E-state index in [1.54, 1.807) is 36.4 Å². The molecule has 146 valence electrons. The summed E-state index contributed by atoms with van der Waals surface area (Å²) in [6.45, 7) is 2.29. The minimum atomic E-state index is -0.420. The molecule has 7 heteroatoms. The highest BCUT2D eigenvalue weighted by Crippen LogP contribution is 2.13. The molecule has 0 atom stereocenters. The van der Waals surface area contributed by atoms with Crippen molar-refractivity contribution < 1.29 is 23.5 Å². The number of fused-ring (bicyclic) bond motifs is 1. The van der Waals surface area contributed by atoms with E-state index in [9.17, 15) is 14.4 Å². The largest absolute Gasteiger partial charge is 0.493 e. The second kappa shape index (κ2) is 9.03. The molecule has 2 aromatic carbocycles. The van der Waals surface area contributed by atoms with Gasteiger partial charge in [0, 0.05) is 12.1 Å². The van der Waals surface area contributed by atoms with Crippen LogP contribution in [-0.2, 0) is 16.1 Å². The van der Waals surface area contributed by atoms with Gasteiger partial charge in [-0.1, -0.05) is 12.1 Å². The van der Waals surface area contributed by atoms with Gasteiger partial charge in [-0.2, -0.15) is 0 Å². The highest BCUT2D eigenvalue weighted by atomic mass is 16.5. The minimum absolute atomic E-state index is 0.0131. The first-order chi connectivity index (χ1) is 13.5. The smallest absolute Gasteiger partial charge is 0.419 e. The predicted molar refractivity (Wildman–Crippen MR) is 103 cm³/mol. The third kappa shape index (κ3) is 4.88. The van der Waals surface area contributed by atoms with Gasteiger partial charge in [-0.05, 0) is 49.7 Å². The minimum Gasteiger partial charge on any atom is -0.493 e. The predicted octanol–water partition coefficient (Wildman–Crippen LogP) is 3.20. The second-order valence-electron chi connectivity index (χ2n) is 6.24. The van der Waals surface area contributed by atoms with Crippen LogP contribution in [0.2, 0.25) is 0 Å². The van der Waals surface area contributed by atoms with Gasteiger partial charge in [-0.25, -0.2) is 4.79 Å². The maximum atomic E-state index is 11.9. The number of esters is 1. The number of aromatic nitrogens is 1. The Bertz CT molecular complexity index is 1020. The highest BCUT2D eigenvalue weighted by Gasteiger charge is 2.09. The van der Waals surface area contributed by atoms with Crippen LogP contribution >= 0.6 is 0 Å². The molecular formula is C21H21NO6. The topological polar surface area (TPSA) is 87.7 Å². The van der Waals surface area contributed by atoms with E-state index in [-0.39, 0.29) is 31.4 Å². The van der Waals surface area contributed by atoms with Crippen molar-refractivity contribution in [2.75, 3.05) is 13.2 Å². The van der Waals surface area contributed by atoms with Crippen molar-refractivity contribution in [3.05, 3.63) is 64.6 Å². The lowest BCUT2D eigenvalue weighted by atomic mass is 10.1. The molecule has 0 aliphatic rings. The van der Waals surface area contributed by atoms with E-state index in [0.717, 1.165) is 5.52 Å². The summed E-state index contributed by atoms with van der Waals surface area (Å²) in [7, 11) is 0. The number of ketones is 1. The van der Waals surface area contributed by atoms with Crippen LogP contribution in [0.5, 0.6) is 5.75 Å². The number of Topliss-reactive ketones (excluding diaryl/α,β-unsaturated/α-hetero) is 1. The zero-order chi connectivity index (χ0) is 19.9. The maximum Gasteiger partial charge on any atom is 0.419 e. The molecule has 7 nitrogen and oxygen atoms in total. The third-order valence-electron chi connectivity index (χ3n) is 4.20. The van der Waals surface area contributed by atoms with E-state index in [0.29, 0.717) is 29.9 Å². The molecule has 0 aliphatic heterocycles. The zero-order valence-electron chi connectivity index (χ0n) is 15.6. The van der Waals surface area contributed by atoms with Crippen LogP contribution in [0.1, 0.15) is 30.1 Å². The lowest BCUT2D eigenvalue weighted by Gasteiger charge is -2.07. The van der Waals surface area contributed by atoms with E-state index < -0.39 is 5.76 Å². The quantitative estimate of drug-likeness (QED) is 0.320. The van der Waals surface area contributed by atoms with Gasteiger partial charge in [0.15, 0.2) is 11.4 Å². The average molecular weight is 383 g/mol. The van der Waals surface area contributed by atoms with Crippen LogP contribution < -0.4 is 10.5 Å². The number of oxazole rings is 1. The van der Waals surface area contributed by atoms with Crippen molar-refractivity contribution in [1.82, 2.24) is 4.57 Å². The van der Waals surface area contributed by atoms with E-state index in [1.165, 1.54) is 11.5 Å². The Hall–Kier alpha value is -3.35. The highest BCUT2D eigenvalue weighted by molar-refractivity contribution is 5.94. The number of nitrogens with zero attached hydrogens (tertiary/aromatic N) is 1. The van der Waals surface area contributed by atoms with Gasteiger partial charge in [0.05, 0.1) is 25.2 Å². The molecule has 3 rings (SSSR count). The third-order valence-corrected chi connectivity index (χ3v) is 4.20. The normalized spacial score (nSPS) is 10.8. The van der Waals surface area contributed by atoms with Crippen molar-refractivity contribution in [2.24, 2.45) is 0 Å². The molecule has 0 radical (unpaired) electrons. The van der Waals surface area contributed by atoms with Gasteiger partial charge < -0.3 is 13.9 Å². The Morgan fingerprint density at radius 1 is 1.04 bits per heavy atom. The Labute approximate surface area is 161 Å². The van der Waals surface area contributed by atoms with Crippen LogP contribution in [-0.4, -0.2) is 29.5 Å². The fourth-order valence-corrected chi connectivity index (χ4v) is 2.74. The van der Waals surface area contributed by atoms with Gasteiger partial charge in [0.2, 0.25) is 0 Å². The molecule has 28 heavy (non-hydrogen) atoms. The summed E-state index contributed by atoms with van der Waals surface area (Å²) >= 11 is 0. The SMILES string of the molecule is CC(=O)c1ccc(OCCC(=O)OCCCn2c(=O)oc3ccccc32)cc1. The summed E-state index contributed by atoms with van der Waals surface area (Å²) in [5, 5.41) is 0. The van der Waals surface area contributed by atoms with Gasteiger partial charge >= 0.3 is 11.7 Å². The first kappa shape index (κ1) is 19.4. The summed E-state index contributed by atoms with van der Waals surface area (Å²) in [5.74, 6) is -0.216. The molecule has 0 aliphatic carbocycles. The molecule has 0 fully saturated rings. The number of carbonyl (C=O) groups excluding carboxylic acids is 2. The van der Waals surface area contributed by atoms with Crippen molar-refractivity contribution in [1.29, 1.82) is 0 Å². The Kier molecular flexibility index (Phi) is 6.26. The average Bonchev–Trinajstić information content (AvgIpc) is 3.01. The van der Waals surface area contributed by atoms with Crippen molar-refractivity contribution >= 4 is 22.9 Å². The Morgan fingerprint density at radius 2 is 1.79 bits per heavy atom. The van der Waals surface area contributed by atoms with Crippen LogP contribution in [0.25, 0.3) is 11.1 Å². The van der Waals surface area contributed by atoms with Crippen LogP contribution in [0.15, 0.2) is 57.7 Å². The number of para-hydroxylation sites is 2. The van der Waals surface area contributed by atoms with Crippen molar-refractivity contribution in [3.63, 3.8) is 0 Å². The van der Waals surface area contributed by atoms with Gasteiger partial charge in [0.25, 0.3) is 0 Å². The molecular weight excluding hydrogens is 362 g/mol. The fraction of sp³-hybridized carbons (Fsp3) is 0.286. The van der Waals surface area contributed by atoms with E-state index in [1.807, 2.05) is 12.1 Å². The molecule has 3 aromatic rings. The van der Waals surface area contributed by atoms with Gasteiger partial charge in [0.1, 0.15) is 5.75 Å². The maximum absolute atomic E-state index is 11.9. The van der Waals surface area contributed by atoms with Gasteiger partial charge in [-0.3, -0.25) is 14.2 Å². The van der Waals surface area contributed by atoms with Crippen molar-refractivity contribution in [2.45, 2.75) is 26.3 Å². The molecule has 0 bridgehead atoms. The number of benzene rings is 2. The fourth-order valence-electron chi connectivity index (χ4n) is 2.74. The number of hydrogen-bond acceptors (Lipinski definition) is 6. The Balaban J connectivity index is 1.37. The first-order valence-electron chi connectivity index (χ1n) is 9.02. The lowest BCUT2D eigenvalue weighted by Crippen LogP contribution is -2.16. The summed E-state index contributed by atoms with van der Waals surface area (Å²) in [6.07, 6.45) is 0.617. The molecule has 1 heterocycles.